The number of imidazole rings is 1. The van der Waals surface area contributed by atoms with E-state index in [4.69, 9.17) is 17.3 Å². The summed E-state index contributed by atoms with van der Waals surface area (Å²) in [6, 6.07) is 8.17. The predicted octanol–water partition coefficient (Wildman–Crippen LogP) is 4.25. The normalized spacial score (nSPS) is 16.6. The van der Waals surface area contributed by atoms with E-state index in [0.29, 0.717) is 33.7 Å². The predicted molar refractivity (Wildman–Crippen MR) is 136 cm³/mol. The van der Waals surface area contributed by atoms with Gasteiger partial charge >= 0.3 is 0 Å². The molecule has 0 unspecified atom stereocenters. The first-order valence-corrected chi connectivity index (χ1v) is 11.8. The van der Waals surface area contributed by atoms with Crippen molar-refractivity contribution in [1.29, 1.82) is 0 Å². The molecule has 0 radical (unpaired) electrons. The number of carbonyl (C=O) groups is 1. The molecule has 0 spiro atoms. The fraction of sp³-hybridized carbons (Fsp3) is 0.115. The maximum atomic E-state index is 13.8. The van der Waals surface area contributed by atoms with E-state index in [1.54, 1.807) is 36.0 Å². The first-order chi connectivity index (χ1) is 18.1. The molecule has 0 saturated carbocycles. The highest BCUT2D eigenvalue weighted by Crippen LogP contribution is 2.46. The molecule has 1 atom stereocenters. The summed E-state index contributed by atoms with van der Waals surface area (Å²) in [4.78, 5) is 31.1. The van der Waals surface area contributed by atoms with Crippen LogP contribution in [-0.2, 0) is 16.6 Å². The minimum atomic E-state index is -1.28. The van der Waals surface area contributed by atoms with Crippen molar-refractivity contribution in [2.45, 2.75) is 18.8 Å². The zero-order valence-electron chi connectivity index (χ0n) is 19.7. The fourth-order valence-electron chi connectivity index (χ4n) is 4.69. The Morgan fingerprint density at radius 1 is 1.13 bits per heavy atom. The molecule has 6 rings (SSSR count). The molecule has 1 amide bonds. The van der Waals surface area contributed by atoms with Crippen LogP contribution in [0, 0.1) is 11.6 Å². The van der Waals surface area contributed by atoms with Crippen molar-refractivity contribution in [3.8, 4) is 17.3 Å². The van der Waals surface area contributed by atoms with Gasteiger partial charge in [-0.2, -0.15) is 0 Å². The Bertz CT molecular complexity index is 1790. The number of nitrogens with one attached hydrogen (secondary N) is 1. The zero-order chi connectivity index (χ0) is 26.8. The second-order valence-corrected chi connectivity index (χ2v) is 9.46. The molecule has 0 aliphatic carbocycles. The quantitative estimate of drug-likeness (QED) is 0.314. The number of aromatic hydroxyl groups is 1. The van der Waals surface area contributed by atoms with E-state index in [2.05, 4.69) is 25.3 Å². The summed E-state index contributed by atoms with van der Waals surface area (Å²) in [5, 5.41) is 13.0. The molecule has 0 fully saturated rings. The van der Waals surface area contributed by atoms with Gasteiger partial charge in [0.1, 0.15) is 28.5 Å². The Balaban J connectivity index is 1.45. The van der Waals surface area contributed by atoms with Gasteiger partial charge in [0.15, 0.2) is 23.1 Å². The summed E-state index contributed by atoms with van der Waals surface area (Å²) in [7, 11) is 0. The van der Waals surface area contributed by atoms with Crippen LogP contribution in [0.2, 0.25) is 5.02 Å². The molecule has 3 aromatic heterocycles. The van der Waals surface area contributed by atoms with Gasteiger partial charge in [-0.15, -0.1) is 0 Å². The lowest BCUT2D eigenvalue weighted by molar-refractivity contribution is -0.119. The second kappa shape index (κ2) is 8.45. The molecule has 9 nitrogen and oxygen atoms in total. The lowest BCUT2D eigenvalue weighted by Crippen LogP contribution is -2.32. The number of rotatable bonds is 4. The SMILES string of the molecule is C[C@@]1(c2ccc(Cl)c(O)c2)C(=O)Nc2nc(-c3cn4ccnc4c(Cc4ccc(F)c(F)c4)n3)nc(N)c21. The third-order valence-corrected chi connectivity index (χ3v) is 6.99. The van der Waals surface area contributed by atoms with Gasteiger partial charge in [-0.1, -0.05) is 23.7 Å². The number of aromatic nitrogens is 5. The van der Waals surface area contributed by atoms with Gasteiger partial charge < -0.3 is 20.6 Å². The van der Waals surface area contributed by atoms with E-state index in [1.165, 1.54) is 18.2 Å². The Labute approximate surface area is 219 Å². The maximum Gasteiger partial charge on any atom is 0.240 e. The number of benzene rings is 2. The Morgan fingerprint density at radius 2 is 1.95 bits per heavy atom. The van der Waals surface area contributed by atoms with E-state index < -0.39 is 23.0 Å². The average molecular weight is 534 g/mol. The van der Waals surface area contributed by atoms with Gasteiger partial charge in [-0.25, -0.2) is 28.7 Å². The van der Waals surface area contributed by atoms with E-state index in [9.17, 15) is 18.7 Å². The number of hydrogen-bond donors (Lipinski definition) is 3. The van der Waals surface area contributed by atoms with Crippen LogP contribution >= 0.6 is 11.6 Å². The summed E-state index contributed by atoms with van der Waals surface area (Å²) < 4.78 is 28.9. The van der Waals surface area contributed by atoms with Crippen LogP contribution < -0.4 is 11.1 Å². The summed E-state index contributed by atoms with van der Waals surface area (Å²) in [6.07, 6.45) is 5.12. The van der Waals surface area contributed by atoms with Crippen LogP contribution in [0.5, 0.6) is 5.75 Å². The molecular formula is C26H18ClF2N7O2. The van der Waals surface area contributed by atoms with Gasteiger partial charge in [-0.3, -0.25) is 4.79 Å². The van der Waals surface area contributed by atoms with Crippen LogP contribution in [0.4, 0.5) is 20.4 Å². The van der Waals surface area contributed by atoms with Crippen LogP contribution in [0.3, 0.4) is 0 Å². The second-order valence-electron chi connectivity index (χ2n) is 9.06. The monoisotopic (exact) mass is 533 g/mol. The number of phenols is 1. The maximum absolute atomic E-state index is 13.8. The average Bonchev–Trinajstić information content (AvgIpc) is 3.46. The zero-order valence-corrected chi connectivity index (χ0v) is 20.5. The van der Waals surface area contributed by atoms with Gasteiger partial charge in [0.2, 0.25) is 5.91 Å². The minimum Gasteiger partial charge on any atom is -0.506 e. The van der Waals surface area contributed by atoms with Crippen LogP contribution in [0.15, 0.2) is 55.0 Å². The fourth-order valence-corrected chi connectivity index (χ4v) is 4.80. The number of amides is 1. The van der Waals surface area contributed by atoms with Crippen molar-refractivity contribution in [2.75, 3.05) is 11.1 Å². The summed E-state index contributed by atoms with van der Waals surface area (Å²) in [5.41, 5.74) is 7.76. The highest BCUT2D eigenvalue weighted by Gasteiger charge is 2.47. The molecule has 12 heteroatoms. The van der Waals surface area contributed by atoms with Crippen molar-refractivity contribution in [2.24, 2.45) is 0 Å². The molecule has 2 aromatic carbocycles. The molecular weight excluding hydrogens is 516 g/mol. The number of nitrogen functional groups attached to an aromatic ring is 1. The largest absolute Gasteiger partial charge is 0.506 e. The molecule has 38 heavy (non-hydrogen) atoms. The third-order valence-electron chi connectivity index (χ3n) is 6.67. The highest BCUT2D eigenvalue weighted by atomic mass is 35.5. The first kappa shape index (κ1) is 23.7. The summed E-state index contributed by atoms with van der Waals surface area (Å²) in [6.45, 7) is 1.66. The molecule has 4 N–H and O–H groups in total. The number of phenolic OH excluding ortho intramolecular Hbond substituents is 1. The van der Waals surface area contributed by atoms with E-state index in [-0.39, 0.29) is 34.7 Å². The van der Waals surface area contributed by atoms with Crippen LogP contribution in [-0.4, -0.2) is 35.4 Å². The van der Waals surface area contributed by atoms with Crippen molar-refractivity contribution >= 4 is 34.8 Å². The van der Waals surface area contributed by atoms with Crippen molar-refractivity contribution < 1.29 is 18.7 Å². The number of hydrogen-bond acceptors (Lipinski definition) is 7. The Hall–Kier alpha value is -4.64. The number of halogens is 3. The van der Waals surface area contributed by atoms with Gasteiger partial charge in [0.05, 0.1) is 16.3 Å². The molecule has 0 saturated heterocycles. The minimum absolute atomic E-state index is 0.0509. The molecule has 4 heterocycles. The van der Waals surface area contributed by atoms with Gasteiger partial charge in [0.25, 0.3) is 0 Å². The number of anilines is 2. The molecule has 0 bridgehead atoms. The molecule has 1 aliphatic heterocycles. The lowest BCUT2D eigenvalue weighted by Gasteiger charge is -2.23. The van der Waals surface area contributed by atoms with Crippen LogP contribution in [0.1, 0.15) is 29.3 Å². The molecule has 1 aliphatic rings. The number of fused-ring (bicyclic) bond motifs is 2. The van der Waals surface area contributed by atoms with Crippen molar-refractivity contribution in [3.63, 3.8) is 0 Å². The summed E-state index contributed by atoms with van der Waals surface area (Å²) in [5.74, 6) is -2.06. The molecule has 190 valence electrons. The van der Waals surface area contributed by atoms with Crippen molar-refractivity contribution in [1.82, 2.24) is 24.3 Å². The first-order valence-electron chi connectivity index (χ1n) is 11.4. The van der Waals surface area contributed by atoms with Gasteiger partial charge in [0, 0.05) is 25.0 Å². The van der Waals surface area contributed by atoms with E-state index >= 15 is 0 Å². The molecule has 5 aromatic rings. The standard InChI is InChI=1S/C26H18ClF2N7O2/c1-26(13-3-4-14(27)19(37)10-13)20-21(30)33-22(34-23(20)35-25(26)38)18-11-36-7-6-31-24(36)17(32-18)9-12-2-5-15(28)16(29)8-12/h2-8,10-11,37H,9H2,1H3,(H3,30,33,34,35,38)/t26-/m0/s1. The van der Waals surface area contributed by atoms with Crippen LogP contribution in [0.25, 0.3) is 17.2 Å². The lowest BCUT2D eigenvalue weighted by atomic mass is 9.77. The topological polar surface area (TPSA) is 131 Å². The Morgan fingerprint density at radius 3 is 2.71 bits per heavy atom. The number of nitrogens with two attached hydrogens (primary N) is 1. The van der Waals surface area contributed by atoms with E-state index in [0.717, 1.165) is 12.1 Å². The van der Waals surface area contributed by atoms with Gasteiger partial charge in [-0.05, 0) is 42.3 Å². The number of carbonyl (C=O) groups excluding carboxylic acids is 1. The third kappa shape index (κ3) is 3.62. The number of nitrogens with zero attached hydrogens (tertiary/aromatic N) is 5. The highest BCUT2D eigenvalue weighted by molar-refractivity contribution is 6.32. The smallest absolute Gasteiger partial charge is 0.240 e. The van der Waals surface area contributed by atoms with E-state index in [1.807, 2.05) is 0 Å². The van der Waals surface area contributed by atoms with Crippen molar-refractivity contribution in [3.05, 3.63) is 94.0 Å². The summed E-state index contributed by atoms with van der Waals surface area (Å²) >= 11 is 5.95. The Kier molecular flexibility index (Phi) is 5.28.